The minimum atomic E-state index is -4.90. The molecule has 4 rings (SSSR count). The number of nitrogens with zero attached hydrogens (tertiary/aromatic N) is 1. The molecule has 188 valence electrons. The number of carbonyl (C=O) groups is 2. The Morgan fingerprint density at radius 1 is 1.06 bits per heavy atom. The van der Waals surface area contributed by atoms with E-state index in [0.717, 1.165) is 11.6 Å². The summed E-state index contributed by atoms with van der Waals surface area (Å²) >= 11 is 0. The van der Waals surface area contributed by atoms with Crippen molar-refractivity contribution in [3.8, 4) is 17.2 Å². The molecule has 36 heavy (non-hydrogen) atoms. The summed E-state index contributed by atoms with van der Waals surface area (Å²) in [5.74, 6) is -0.810. The van der Waals surface area contributed by atoms with Gasteiger partial charge in [-0.1, -0.05) is 6.92 Å². The first-order valence-corrected chi connectivity index (χ1v) is 10.7. The van der Waals surface area contributed by atoms with Gasteiger partial charge in [0.1, 0.15) is 28.8 Å². The number of halogens is 4. The summed E-state index contributed by atoms with van der Waals surface area (Å²) in [7, 11) is 1.49. The van der Waals surface area contributed by atoms with Gasteiger partial charge in [-0.15, -0.1) is 0 Å². The minimum Gasteiger partial charge on any atom is -0.470 e. The van der Waals surface area contributed by atoms with Crippen LogP contribution < -0.4 is 25.4 Å². The Hall–Kier alpha value is -4.35. The van der Waals surface area contributed by atoms with E-state index in [1.807, 2.05) is 0 Å². The molecule has 0 fully saturated rings. The monoisotopic (exact) mass is 504 g/mol. The molecular weight excluding hydrogens is 484 g/mol. The third kappa shape index (κ3) is 5.32. The van der Waals surface area contributed by atoms with E-state index in [1.165, 1.54) is 19.3 Å². The molecule has 0 bridgehead atoms. The number of ether oxygens (including phenoxy) is 2. The maximum atomic E-state index is 13.5. The highest BCUT2D eigenvalue weighted by Crippen LogP contribution is 2.40. The van der Waals surface area contributed by atoms with E-state index in [1.54, 1.807) is 31.2 Å². The Kier molecular flexibility index (Phi) is 6.69. The van der Waals surface area contributed by atoms with Crippen LogP contribution in [0.2, 0.25) is 0 Å². The lowest BCUT2D eigenvalue weighted by Crippen LogP contribution is -2.42. The van der Waals surface area contributed by atoms with E-state index in [0.29, 0.717) is 29.4 Å². The predicted octanol–water partition coefficient (Wildman–Crippen LogP) is 5.04. The molecule has 1 unspecified atom stereocenters. The zero-order valence-corrected chi connectivity index (χ0v) is 18.9. The van der Waals surface area contributed by atoms with Gasteiger partial charge in [0.25, 0.3) is 5.91 Å². The SMILES string of the molecule is CNC(=O)c1cc(Oc2ccc3c(c2)C(C)[C@H](NC(=O)Nc2ccc(F)c(C(F)(F)F)c2)O3)ccn1. The average molecular weight is 504 g/mol. The van der Waals surface area contributed by atoms with Gasteiger partial charge in [0, 0.05) is 36.5 Å². The molecule has 12 heteroatoms. The summed E-state index contributed by atoms with van der Waals surface area (Å²) in [4.78, 5) is 28.1. The van der Waals surface area contributed by atoms with Crippen LogP contribution in [0.25, 0.3) is 0 Å². The number of fused-ring (bicyclic) bond motifs is 1. The Morgan fingerprint density at radius 2 is 1.81 bits per heavy atom. The number of carbonyl (C=O) groups excluding carboxylic acids is 2. The third-order valence-electron chi connectivity index (χ3n) is 5.41. The maximum absolute atomic E-state index is 13.5. The number of nitrogens with one attached hydrogen (secondary N) is 3. The van der Waals surface area contributed by atoms with Gasteiger partial charge in [0.2, 0.25) is 0 Å². The lowest BCUT2D eigenvalue weighted by Gasteiger charge is -2.18. The molecule has 2 aromatic carbocycles. The number of urea groups is 1. The van der Waals surface area contributed by atoms with Gasteiger partial charge < -0.3 is 25.4 Å². The predicted molar refractivity (Wildman–Crippen MR) is 121 cm³/mol. The van der Waals surface area contributed by atoms with Crippen molar-refractivity contribution < 1.29 is 36.6 Å². The van der Waals surface area contributed by atoms with E-state index in [4.69, 9.17) is 9.47 Å². The lowest BCUT2D eigenvalue weighted by atomic mass is 10.0. The van der Waals surface area contributed by atoms with Crippen molar-refractivity contribution in [1.82, 2.24) is 15.6 Å². The second kappa shape index (κ2) is 9.72. The number of hydrogen-bond acceptors (Lipinski definition) is 5. The standard InChI is InChI=1S/C24H20F4N4O4/c1-12-16-10-14(35-15-7-8-30-19(11-15)21(33)29-2)4-6-20(16)36-22(12)32-23(34)31-13-3-5-18(25)17(9-13)24(26,27)28/h3-12,22H,1-2H3,(H,29,33)(H2,31,32,34)/t12?,22-/m1/s1. The smallest absolute Gasteiger partial charge is 0.419 e. The second-order valence-electron chi connectivity index (χ2n) is 7.88. The fourth-order valence-electron chi connectivity index (χ4n) is 3.59. The van der Waals surface area contributed by atoms with Crippen LogP contribution in [0.3, 0.4) is 0 Å². The number of pyridine rings is 1. The zero-order chi connectivity index (χ0) is 26.0. The van der Waals surface area contributed by atoms with Crippen LogP contribution in [-0.2, 0) is 6.18 Å². The Bertz CT molecular complexity index is 1320. The van der Waals surface area contributed by atoms with Crippen LogP contribution in [0.4, 0.5) is 28.0 Å². The number of rotatable bonds is 5. The second-order valence-corrected chi connectivity index (χ2v) is 7.88. The van der Waals surface area contributed by atoms with Crippen molar-refractivity contribution in [2.75, 3.05) is 12.4 Å². The lowest BCUT2D eigenvalue weighted by molar-refractivity contribution is -0.139. The van der Waals surface area contributed by atoms with Crippen LogP contribution in [0.15, 0.2) is 54.7 Å². The molecular formula is C24H20F4N4O4. The molecule has 1 aliphatic rings. The van der Waals surface area contributed by atoms with E-state index in [2.05, 4.69) is 20.9 Å². The number of alkyl halides is 3. The molecule has 0 saturated carbocycles. The summed E-state index contributed by atoms with van der Waals surface area (Å²) in [6.07, 6.45) is -4.28. The van der Waals surface area contributed by atoms with Gasteiger partial charge in [0.05, 0.1) is 5.56 Å². The fourth-order valence-corrected chi connectivity index (χ4v) is 3.59. The summed E-state index contributed by atoms with van der Waals surface area (Å²) < 4.78 is 63.8. The molecule has 8 nitrogen and oxygen atoms in total. The first kappa shape index (κ1) is 24.8. The van der Waals surface area contributed by atoms with Crippen LogP contribution in [-0.4, -0.2) is 30.2 Å². The van der Waals surface area contributed by atoms with E-state index < -0.39 is 29.8 Å². The number of anilines is 1. The van der Waals surface area contributed by atoms with Crippen LogP contribution in [0, 0.1) is 5.82 Å². The summed E-state index contributed by atoms with van der Waals surface area (Å²) in [6, 6.07) is 9.43. The Morgan fingerprint density at radius 3 is 2.53 bits per heavy atom. The maximum Gasteiger partial charge on any atom is 0.419 e. The highest BCUT2D eigenvalue weighted by molar-refractivity contribution is 5.92. The number of benzene rings is 2. The van der Waals surface area contributed by atoms with E-state index >= 15 is 0 Å². The molecule has 1 aliphatic heterocycles. The summed E-state index contributed by atoms with van der Waals surface area (Å²) in [5.41, 5.74) is -0.804. The molecule has 0 spiro atoms. The quantitative estimate of drug-likeness (QED) is 0.423. The van der Waals surface area contributed by atoms with Crippen LogP contribution >= 0.6 is 0 Å². The van der Waals surface area contributed by atoms with Crippen molar-refractivity contribution in [2.24, 2.45) is 0 Å². The highest BCUT2D eigenvalue weighted by Gasteiger charge is 2.35. The van der Waals surface area contributed by atoms with E-state index in [-0.39, 0.29) is 23.2 Å². The molecule has 2 heterocycles. The molecule has 3 aromatic rings. The molecule has 0 saturated heterocycles. The summed E-state index contributed by atoms with van der Waals surface area (Å²) in [6.45, 7) is 1.79. The third-order valence-corrected chi connectivity index (χ3v) is 5.41. The topological polar surface area (TPSA) is 102 Å². The first-order chi connectivity index (χ1) is 17.0. The normalized spacial score (nSPS) is 16.5. The summed E-state index contributed by atoms with van der Waals surface area (Å²) in [5, 5.41) is 7.29. The van der Waals surface area contributed by atoms with Gasteiger partial charge in [-0.3, -0.25) is 9.78 Å². The molecule has 2 atom stereocenters. The van der Waals surface area contributed by atoms with Gasteiger partial charge in [-0.2, -0.15) is 13.2 Å². The number of amides is 3. The van der Waals surface area contributed by atoms with Gasteiger partial charge >= 0.3 is 12.2 Å². The van der Waals surface area contributed by atoms with Gasteiger partial charge in [-0.25, -0.2) is 9.18 Å². The molecule has 0 radical (unpaired) electrons. The Balaban J connectivity index is 1.42. The van der Waals surface area contributed by atoms with Crippen LogP contribution in [0.1, 0.15) is 34.5 Å². The fraction of sp³-hybridized carbons (Fsp3) is 0.208. The highest BCUT2D eigenvalue weighted by atomic mass is 19.4. The number of aromatic nitrogens is 1. The average Bonchev–Trinajstić information content (AvgIpc) is 3.13. The minimum absolute atomic E-state index is 0.187. The van der Waals surface area contributed by atoms with Crippen molar-refractivity contribution in [3.05, 3.63) is 77.4 Å². The van der Waals surface area contributed by atoms with Crippen molar-refractivity contribution >= 4 is 17.6 Å². The molecule has 0 aliphatic carbocycles. The van der Waals surface area contributed by atoms with E-state index in [9.17, 15) is 27.2 Å². The molecule has 3 amide bonds. The number of hydrogen-bond donors (Lipinski definition) is 3. The zero-order valence-electron chi connectivity index (χ0n) is 18.9. The molecule has 1 aromatic heterocycles. The largest absolute Gasteiger partial charge is 0.470 e. The van der Waals surface area contributed by atoms with Crippen molar-refractivity contribution in [3.63, 3.8) is 0 Å². The van der Waals surface area contributed by atoms with Crippen LogP contribution in [0.5, 0.6) is 17.2 Å². The van der Waals surface area contributed by atoms with Gasteiger partial charge in [0.15, 0.2) is 6.23 Å². The molecule has 3 N–H and O–H groups in total. The Labute approximate surface area is 202 Å². The first-order valence-electron chi connectivity index (χ1n) is 10.7. The van der Waals surface area contributed by atoms with Crippen molar-refractivity contribution in [2.45, 2.75) is 25.2 Å². The van der Waals surface area contributed by atoms with Crippen molar-refractivity contribution in [1.29, 1.82) is 0 Å². The van der Waals surface area contributed by atoms with Gasteiger partial charge in [-0.05, 0) is 42.5 Å².